The van der Waals surface area contributed by atoms with Crippen molar-refractivity contribution < 1.29 is 4.79 Å². The number of carbonyl (C=O) groups excluding carboxylic acids is 1. The summed E-state index contributed by atoms with van der Waals surface area (Å²) in [5, 5.41) is 2.81. The highest BCUT2D eigenvalue weighted by atomic mass is 16.2. The van der Waals surface area contributed by atoms with Gasteiger partial charge in [-0.2, -0.15) is 0 Å². The van der Waals surface area contributed by atoms with Crippen molar-refractivity contribution in [2.45, 2.75) is 6.54 Å². The predicted molar refractivity (Wildman–Crippen MR) is 127 cm³/mol. The van der Waals surface area contributed by atoms with E-state index in [1.165, 1.54) is 10.6 Å². The Balaban J connectivity index is 1.70. The van der Waals surface area contributed by atoms with Gasteiger partial charge in [0.25, 0.3) is 5.91 Å². The summed E-state index contributed by atoms with van der Waals surface area (Å²) >= 11 is 0. The molecule has 0 aliphatic carbocycles. The van der Waals surface area contributed by atoms with E-state index in [0.717, 1.165) is 5.82 Å². The predicted octanol–water partition coefficient (Wildman–Crippen LogP) is 1.81. The molecule has 4 rings (SSSR count). The number of nitrogens with zero attached hydrogens (tertiary/aromatic N) is 5. The van der Waals surface area contributed by atoms with E-state index in [1.54, 1.807) is 25.5 Å². The molecule has 0 saturated carbocycles. The molecule has 0 spiro atoms. The number of anilines is 2. The number of nitrogen functional groups attached to an aromatic ring is 1. The van der Waals surface area contributed by atoms with E-state index >= 15 is 0 Å². The SMILES string of the molecule is CN(C)c1cccc(CNC(=O)c2nc(-c3ccc(=O)n(C)c3)c(-c3ccc[nH]3)nc2N)n1. The number of H-pyrrole nitrogens is 1. The summed E-state index contributed by atoms with van der Waals surface area (Å²) in [5.41, 5.74) is 8.90. The number of rotatable bonds is 6. The van der Waals surface area contributed by atoms with Crippen molar-refractivity contribution in [3.8, 4) is 22.6 Å². The molecule has 4 N–H and O–H groups in total. The zero-order valence-electron chi connectivity index (χ0n) is 18.5. The molecule has 4 aromatic rings. The average molecular weight is 444 g/mol. The smallest absolute Gasteiger partial charge is 0.274 e. The van der Waals surface area contributed by atoms with Crippen LogP contribution in [0.4, 0.5) is 11.6 Å². The van der Waals surface area contributed by atoms with Gasteiger partial charge in [-0.25, -0.2) is 15.0 Å². The summed E-state index contributed by atoms with van der Waals surface area (Å²) < 4.78 is 1.44. The van der Waals surface area contributed by atoms with Crippen LogP contribution < -0.4 is 21.5 Å². The van der Waals surface area contributed by atoms with Gasteiger partial charge in [-0.3, -0.25) is 9.59 Å². The van der Waals surface area contributed by atoms with E-state index in [0.29, 0.717) is 28.3 Å². The van der Waals surface area contributed by atoms with E-state index < -0.39 is 5.91 Å². The Morgan fingerprint density at radius 2 is 1.91 bits per heavy atom. The Hall–Kier alpha value is -4.47. The first-order chi connectivity index (χ1) is 15.8. The van der Waals surface area contributed by atoms with Gasteiger partial charge in [0, 0.05) is 45.2 Å². The second-order valence-corrected chi connectivity index (χ2v) is 7.67. The zero-order valence-corrected chi connectivity index (χ0v) is 18.5. The molecule has 0 aliphatic rings. The fourth-order valence-electron chi connectivity index (χ4n) is 3.29. The summed E-state index contributed by atoms with van der Waals surface area (Å²) in [5.74, 6) is 0.315. The van der Waals surface area contributed by atoms with Crippen LogP contribution in [0.2, 0.25) is 0 Å². The van der Waals surface area contributed by atoms with Crippen molar-refractivity contribution in [2.24, 2.45) is 7.05 Å². The van der Waals surface area contributed by atoms with E-state index in [1.807, 2.05) is 49.3 Å². The molecule has 4 aromatic heterocycles. The molecular formula is C23H24N8O2. The molecule has 0 radical (unpaired) electrons. The van der Waals surface area contributed by atoms with Gasteiger partial charge < -0.3 is 25.5 Å². The van der Waals surface area contributed by atoms with Gasteiger partial charge in [0.2, 0.25) is 5.56 Å². The molecule has 1 amide bonds. The molecule has 33 heavy (non-hydrogen) atoms. The van der Waals surface area contributed by atoms with Crippen molar-refractivity contribution in [3.63, 3.8) is 0 Å². The summed E-state index contributed by atoms with van der Waals surface area (Å²) in [6, 6.07) is 12.3. The fourth-order valence-corrected chi connectivity index (χ4v) is 3.29. The number of aryl methyl sites for hydroxylation is 1. The lowest BCUT2D eigenvalue weighted by Crippen LogP contribution is -2.26. The minimum absolute atomic E-state index is 0.000622. The van der Waals surface area contributed by atoms with E-state index in [4.69, 9.17) is 5.73 Å². The van der Waals surface area contributed by atoms with Gasteiger partial charge in [0.15, 0.2) is 11.5 Å². The number of aromatic nitrogens is 5. The van der Waals surface area contributed by atoms with Crippen LogP contribution in [0.3, 0.4) is 0 Å². The van der Waals surface area contributed by atoms with Crippen LogP contribution in [0.15, 0.2) is 59.7 Å². The quantitative estimate of drug-likeness (QED) is 0.413. The Bertz CT molecular complexity index is 1360. The van der Waals surface area contributed by atoms with Gasteiger partial charge >= 0.3 is 0 Å². The van der Waals surface area contributed by atoms with Crippen LogP contribution in [0.5, 0.6) is 0 Å². The molecule has 10 heteroatoms. The van der Waals surface area contributed by atoms with Crippen molar-refractivity contribution in [2.75, 3.05) is 24.7 Å². The van der Waals surface area contributed by atoms with Crippen LogP contribution >= 0.6 is 0 Å². The first-order valence-electron chi connectivity index (χ1n) is 10.2. The van der Waals surface area contributed by atoms with Gasteiger partial charge in [0.1, 0.15) is 17.2 Å². The fraction of sp³-hybridized carbons (Fsp3) is 0.174. The maximum absolute atomic E-state index is 13.0. The van der Waals surface area contributed by atoms with E-state index in [2.05, 4.69) is 25.3 Å². The van der Waals surface area contributed by atoms with Crippen LogP contribution in [-0.4, -0.2) is 44.5 Å². The number of carbonyl (C=O) groups is 1. The van der Waals surface area contributed by atoms with Gasteiger partial charge in [0.05, 0.1) is 17.9 Å². The first-order valence-corrected chi connectivity index (χ1v) is 10.2. The Labute approximate surface area is 190 Å². The number of nitrogens with one attached hydrogen (secondary N) is 2. The lowest BCUT2D eigenvalue weighted by atomic mass is 10.1. The van der Waals surface area contributed by atoms with Crippen molar-refractivity contribution >= 4 is 17.5 Å². The molecule has 0 aliphatic heterocycles. The van der Waals surface area contributed by atoms with Gasteiger partial charge in [-0.05, 0) is 30.3 Å². The lowest BCUT2D eigenvalue weighted by molar-refractivity contribution is 0.0946. The van der Waals surface area contributed by atoms with E-state index in [-0.39, 0.29) is 23.6 Å². The number of hydrogen-bond acceptors (Lipinski definition) is 7. The third-order valence-corrected chi connectivity index (χ3v) is 5.03. The highest BCUT2D eigenvalue weighted by Crippen LogP contribution is 2.29. The molecule has 0 fully saturated rings. The third kappa shape index (κ3) is 4.59. The molecule has 0 atom stereocenters. The summed E-state index contributed by atoms with van der Waals surface area (Å²) in [4.78, 5) is 43.3. The van der Waals surface area contributed by atoms with Gasteiger partial charge in [-0.1, -0.05) is 6.07 Å². The first kappa shape index (κ1) is 21.8. The minimum Gasteiger partial charge on any atom is -0.382 e. The summed E-state index contributed by atoms with van der Waals surface area (Å²) in [6.45, 7) is 0.204. The number of amides is 1. The minimum atomic E-state index is -0.471. The molecular weight excluding hydrogens is 420 g/mol. The lowest BCUT2D eigenvalue weighted by Gasteiger charge is -2.14. The second kappa shape index (κ2) is 8.95. The number of hydrogen-bond donors (Lipinski definition) is 3. The Morgan fingerprint density at radius 1 is 1.09 bits per heavy atom. The largest absolute Gasteiger partial charge is 0.382 e. The Kier molecular flexibility index (Phi) is 5.90. The number of pyridine rings is 2. The molecule has 0 bridgehead atoms. The standard InChI is InChI=1S/C23H24N8O2/c1-30(2)17-8-4-6-15(27-17)12-26-23(33)21-22(24)29-20(16-7-5-11-25-16)19(28-21)14-9-10-18(32)31(3)13-14/h4-11,13,25H,12H2,1-3H3,(H2,24,29)(H,26,33). The second-order valence-electron chi connectivity index (χ2n) is 7.67. The number of aromatic amines is 1. The average Bonchev–Trinajstić information content (AvgIpc) is 3.34. The van der Waals surface area contributed by atoms with Crippen LogP contribution in [-0.2, 0) is 13.6 Å². The van der Waals surface area contributed by atoms with Crippen LogP contribution in [0.25, 0.3) is 22.6 Å². The van der Waals surface area contributed by atoms with Crippen molar-refractivity contribution in [3.05, 3.63) is 76.6 Å². The van der Waals surface area contributed by atoms with Crippen molar-refractivity contribution in [1.82, 2.24) is 29.8 Å². The summed E-state index contributed by atoms with van der Waals surface area (Å²) in [7, 11) is 5.44. The highest BCUT2D eigenvalue weighted by Gasteiger charge is 2.20. The maximum atomic E-state index is 13.0. The van der Waals surface area contributed by atoms with Gasteiger partial charge in [-0.15, -0.1) is 0 Å². The number of nitrogens with two attached hydrogens (primary N) is 1. The van der Waals surface area contributed by atoms with Crippen LogP contribution in [0, 0.1) is 0 Å². The topological polar surface area (TPSA) is 135 Å². The normalized spacial score (nSPS) is 10.8. The summed E-state index contributed by atoms with van der Waals surface area (Å²) in [6.07, 6.45) is 3.40. The molecule has 0 unspecified atom stereocenters. The molecule has 10 nitrogen and oxygen atoms in total. The van der Waals surface area contributed by atoms with Crippen LogP contribution in [0.1, 0.15) is 16.2 Å². The van der Waals surface area contributed by atoms with E-state index in [9.17, 15) is 9.59 Å². The molecule has 0 saturated heterocycles. The third-order valence-electron chi connectivity index (χ3n) is 5.03. The molecule has 4 heterocycles. The Morgan fingerprint density at radius 3 is 2.61 bits per heavy atom. The monoisotopic (exact) mass is 444 g/mol. The molecule has 0 aromatic carbocycles. The molecule has 168 valence electrons. The highest BCUT2D eigenvalue weighted by molar-refractivity contribution is 5.97. The van der Waals surface area contributed by atoms with Crippen molar-refractivity contribution in [1.29, 1.82) is 0 Å². The maximum Gasteiger partial charge on any atom is 0.274 e. The zero-order chi connectivity index (χ0) is 23.5.